The molecule has 13 nitrogen and oxygen atoms in total. The number of carboxylic acids is 2. The van der Waals surface area contributed by atoms with Crippen molar-refractivity contribution in [2.45, 2.75) is 37.4 Å². The molecule has 2 amide bonds. The summed E-state index contributed by atoms with van der Waals surface area (Å²) in [5, 5.41) is 28.4. The Bertz CT molecular complexity index is 1340. The number of carbonyl (C=O) groups excluding carboxylic acids is 3. The van der Waals surface area contributed by atoms with E-state index in [0.717, 1.165) is 16.2 Å². The van der Waals surface area contributed by atoms with Gasteiger partial charge in [0.2, 0.25) is 5.60 Å². The summed E-state index contributed by atoms with van der Waals surface area (Å²) in [6.45, 7) is 2.74. The number of hydrogen-bond acceptors (Lipinski definition) is 11. The predicted octanol–water partition coefficient (Wildman–Crippen LogP) is -0.143. The van der Waals surface area contributed by atoms with Gasteiger partial charge in [-0.2, -0.15) is 0 Å². The first-order valence-electron chi connectivity index (χ1n) is 10.8. The number of amides is 2. The van der Waals surface area contributed by atoms with E-state index < -0.39 is 40.8 Å². The molecule has 1 fully saturated rings. The number of nitrogen functional groups attached to an aromatic ring is 1. The van der Waals surface area contributed by atoms with Crippen LogP contribution in [0.15, 0.2) is 52.4 Å². The van der Waals surface area contributed by atoms with Crippen LogP contribution < -0.4 is 20.7 Å². The molecule has 0 aliphatic carbocycles. The van der Waals surface area contributed by atoms with Gasteiger partial charge >= 0.3 is 5.97 Å². The average Bonchev–Trinajstić information content (AvgIpc) is 3.28. The number of thiazole rings is 1. The maximum atomic E-state index is 13.1. The summed E-state index contributed by atoms with van der Waals surface area (Å²) in [5.74, 6) is -4.01. The summed E-state index contributed by atoms with van der Waals surface area (Å²) < 4.78 is 1.78. The van der Waals surface area contributed by atoms with Gasteiger partial charge in [-0.1, -0.05) is 11.2 Å². The molecule has 2 atom stereocenters. The third-order valence-electron chi connectivity index (χ3n) is 5.54. The lowest BCUT2D eigenvalue weighted by molar-refractivity contribution is -0.689. The Balaban J connectivity index is 0.00000267. The number of nitrogens with zero attached hydrogens (tertiary/aromatic N) is 4. The number of fused-ring (bicyclic) bond motifs is 1. The highest BCUT2D eigenvalue weighted by Gasteiger charge is 2.53. The lowest BCUT2D eigenvalue weighted by Crippen LogP contribution is -2.71. The van der Waals surface area contributed by atoms with Gasteiger partial charge < -0.3 is 30.9 Å². The first-order chi connectivity index (χ1) is 17.5. The fourth-order valence-electron chi connectivity index (χ4n) is 3.56. The largest absolute Gasteiger partial charge is 0.543 e. The monoisotopic (exact) mass is 706 g/mol. The van der Waals surface area contributed by atoms with E-state index in [1.807, 2.05) is 6.07 Å². The number of pyridine rings is 1. The number of carbonyl (C=O) groups is 4. The number of rotatable bonds is 9. The second-order valence-corrected chi connectivity index (χ2v) is 10.6. The predicted molar refractivity (Wildman–Crippen MR) is 150 cm³/mol. The van der Waals surface area contributed by atoms with E-state index in [1.54, 1.807) is 29.1 Å². The van der Waals surface area contributed by atoms with Gasteiger partial charge in [0.1, 0.15) is 17.1 Å². The van der Waals surface area contributed by atoms with Crippen LogP contribution in [-0.2, 0) is 30.6 Å². The number of carboxylic acid groups (broad SMARTS) is 2. The van der Waals surface area contributed by atoms with Crippen molar-refractivity contribution in [1.29, 1.82) is 0 Å². The smallest absolute Gasteiger partial charge is 0.350 e. The van der Waals surface area contributed by atoms with Crippen LogP contribution in [0.2, 0.25) is 0 Å². The van der Waals surface area contributed by atoms with Crippen molar-refractivity contribution in [3.63, 3.8) is 0 Å². The summed E-state index contributed by atoms with van der Waals surface area (Å²) in [7, 11) is 0. The fraction of sp³-hybridized carbons (Fsp3) is 0.318. The van der Waals surface area contributed by atoms with E-state index in [-0.39, 0.29) is 62.7 Å². The van der Waals surface area contributed by atoms with Crippen molar-refractivity contribution in [3.05, 3.63) is 52.9 Å². The van der Waals surface area contributed by atoms with Gasteiger partial charge in [0, 0.05) is 28.8 Å². The first kappa shape index (κ1) is 32.2. The van der Waals surface area contributed by atoms with Crippen LogP contribution in [0.4, 0.5) is 5.13 Å². The van der Waals surface area contributed by atoms with E-state index >= 15 is 0 Å². The van der Waals surface area contributed by atoms with E-state index in [1.165, 1.54) is 31.0 Å². The van der Waals surface area contributed by atoms with Gasteiger partial charge in [-0.05, 0) is 13.8 Å². The molecule has 2 aliphatic heterocycles. The molecule has 0 bridgehead atoms. The van der Waals surface area contributed by atoms with Gasteiger partial charge in [0.15, 0.2) is 29.8 Å². The Morgan fingerprint density at radius 2 is 1.97 bits per heavy atom. The van der Waals surface area contributed by atoms with Gasteiger partial charge in [0.25, 0.3) is 11.8 Å². The Labute approximate surface area is 251 Å². The molecule has 1 saturated heterocycles. The summed E-state index contributed by atoms with van der Waals surface area (Å²) in [6.07, 6.45) is 3.55. The molecule has 2 aromatic rings. The number of hydrogen-bond donors (Lipinski definition) is 3. The van der Waals surface area contributed by atoms with Crippen LogP contribution in [-0.4, -0.2) is 67.2 Å². The molecular weight excluding hydrogens is 684 g/mol. The van der Waals surface area contributed by atoms with E-state index in [9.17, 15) is 29.4 Å². The Kier molecular flexibility index (Phi) is 10.6. The number of β-lactam (4-membered cyclic amide) rings is 1. The lowest BCUT2D eigenvalue weighted by Gasteiger charge is -2.50. The molecule has 4 N–H and O–H groups in total. The number of oxime groups is 1. The third-order valence-corrected chi connectivity index (χ3v) is 7.55. The molecule has 0 saturated carbocycles. The van der Waals surface area contributed by atoms with Crippen molar-refractivity contribution in [3.8, 4) is 0 Å². The van der Waals surface area contributed by atoms with Gasteiger partial charge in [0.05, 0.1) is 11.7 Å². The molecular formula is C22H24Br2N6O7S2. The molecule has 4 heterocycles. The fourth-order valence-corrected chi connectivity index (χ4v) is 5.45. The van der Waals surface area contributed by atoms with E-state index in [4.69, 9.17) is 10.6 Å². The number of aromatic nitrogens is 2. The van der Waals surface area contributed by atoms with Crippen LogP contribution in [0.5, 0.6) is 0 Å². The summed E-state index contributed by atoms with van der Waals surface area (Å²) in [5.41, 5.74) is 3.83. The normalized spacial score (nSPS) is 18.7. The van der Waals surface area contributed by atoms with Crippen molar-refractivity contribution in [2.75, 3.05) is 11.5 Å². The van der Waals surface area contributed by atoms with Gasteiger partial charge in [-0.3, -0.25) is 14.5 Å². The highest BCUT2D eigenvalue weighted by molar-refractivity contribution is 8.93. The van der Waals surface area contributed by atoms with Crippen LogP contribution in [0, 0.1) is 0 Å². The van der Waals surface area contributed by atoms with Crippen LogP contribution >= 0.6 is 57.1 Å². The minimum absolute atomic E-state index is 0. The second-order valence-electron chi connectivity index (χ2n) is 8.57. The van der Waals surface area contributed by atoms with Crippen LogP contribution in [0.3, 0.4) is 0 Å². The van der Waals surface area contributed by atoms with E-state index in [0.29, 0.717) is 11.3 Å². The van der Waals surface area contributed by atoms with Crippen molar-refractivity contribution < 1.29 is 38.8 Å². The highest BCUT2D eigenvalue weighted by atomic mass is 79.9. The van der Waals surface area contributed by atoms with Crippen LogP contribution in [0.1, 0.15) is 19.5 Å². The average molecular weight is 708 g/mol. The van der Waals surface area contributed by atoms with Crippen molar-refractivity contribution in [1.82, 2.24) is 15.2 Å². The quantitative estimate of drug-likeness (QED) is 0.137. The highest BCUT2D eigenvalue weighted by Crippen LogP contribution is 2.40. The molecule has 0 aromatic carbocycles. The first-order valence-corrected chi connectivity index (χ1v) is 12.8. The molecule has 210 valence electrons. The maximum Gasteiger partial charge on any atom is 0.350 e. The number of anilines is 1. The zero-order valence-electron chi connectivity index (χ0n) is 20.4. The second kappa shape index (κ2) is 12.9. The van der Waals surface area contributed by atoms with Crippen molar-refractivity contribution >= 4 is 91.7 Å². The van der Waals surface area contributed by atoms with Crippen molar-refractivity contribution in [2.24, 2.45) is 5.16 Å². The number of aliphatic carboxylic acids is 2. The Morgan fingerprint density at radius 3 is 2.54 bits per heavy atom. The maximum absolute atomic E-state index is 13.1. The third kappa shape index (κ3) is 6.77. The number of nitrogens with two attached hydrogens (primary N) is 1. The molecule has 39 heavy (non-hydrogen) atoms. The lowest BCUT2D eigenvalue weighted by atomic mass is 10.0. The topological polar surface area (TPSA) is 191 Å². The summed E-state index contributed by atoms with van der Waals surface area (Å²) >= 11 is 2.32. The molecule has 17 heteroatoms. The van der Waals surface area contributed by atoms with E-state index in [2.05, 4.69) is 15.5 Å². The molecule has 0 radical (unpaired) electrons. The minimum Gasteiger partial charge on any atom is -0.543 e. The number of thioether (sulfide) groups is 1. The summed E-state index contributed by atoms with van der Waals surface area (Å²) in [6, 6.07) is 4.36. The van der Waals surface area contributed by atoms with Gasteiger partial charge in [-0.15, -0.1) is 57.1 Å². The molecule has 4 rings (SSSR count). The summed E-state index contributed by atoms with van der Waals surface area (Å²) in [4.78, 5) is 59.6. The number of nitrogens with one attached hydrogen (secondary N) is 1. The molecule has 0 unspecified atom stereocenters. The molecule has 0 spiro atoms. The zero-order chi connectivity index (χ0) is 26.9. The van der Waals surface area contributed by atoms with Gasteiger partial charge in [-0.25, -0.2) is 14.3 Å². The Hall–Kier alpha value is -3.02. The Morgan fingerprint density at radius 1 is 1.31 bits per heavy atom. The zero-order valence-corrected chi connectivity index (χ0v) is 25.5. The molecule has 2 aromatic heterocycles. The minimum atomic E-state index is -1.75. The SMILES string of the molecule is Br.Br.CC(C)(ON=C(C(=O)N[C@@H]1C(=O)N2C(C(=O)[O-])=C(C[n+]3ccccc3)CS[C@H]12)c1csc(N)n1)C(=O)O. The molecule has 2 aliphatic rings. The van der Waals surface area contributed by atoms with Crippen LogP contribution in [0.25, 0.3) is 0 Å². The standard InChI is InChI=1S/C22H22N6O7S2.2BrH/c1-22(2,20(33)34)35-26-13(12-10-37-21(23)24-12)16(29)25-14-17(30)28-15(19(31)32)11(9-36-18(14)28)8-27-6-4-3-5-7-27;;/h3-7,10,14,18H,8-9H2,1-2H3,(H4-,23,24,25,29,31,32,33,34);2*1H/t14-,18-;;/m1../s1. The number of halogens is 2.